The maximum atomic E-state index is 14.0. The monoisotopic (exact) mass is 345 g/mol. The summed E-state index contributed by atoms with van der Waals surface area (Å²) in [5, 5.41) is 14.2. The average molecular weight is 346 g/mol. The molecule has 0 saturated carbocycles. The highest BCUT2D eigenvalue weighted by atomic mass is 35.5. The molecule has 0 amide bonds. The minimum atomic E-state index is -1.07. The summed E-state index contributed by atoms with van der Waals surface area (Å²) in [4.78, 5) is 10.7. The van der Waals surface area contributed by atoms with Crippen LogP contribution in [0, 0.1) is 5.82 Å². The number of hydrogen-bond acceptors (Lipinski definition) is 3. The van der Waals surface area contributed by atoms with Gasteiger partial charge in [0.05, 0.1) is 17.8 Å². The number of aromatic nitrogens is 2. The number of rotatable bonds is 4. The van der Waals surface area contributed by atoms with Crippen molar-refractivity contribution >= 4 is 40.2 Å². The second-order valence-electron chi connectivity index (χ2n) is 5.23. The molecule has 0 fully saturated rings. The van der Waals surface area contributed by atoms with Gasteiger partial charge in [0.1, 0.15) is 5.82 Å². The van der Waals surface area contributed by atoms with Crippen molar-refractivity contribution in [2.24, 2.45) is 0 Å². The summed E-state index contributed by atoms with van der Waals surface area (Å²) in [6.07, 6.45) is 2.40. The van der Waals surface area contributed by atoms with Crippen molar-refractivity contribution in [3.8, 4) is 0 Å². The Hall–Kier alpha value is -2.86. The zero-order valence-electron chi connectivity index (χ0n) is 12.4. The molecule has 24 heavy (non-hydrogen) atoms. The summed E-state index contributed by atoms with van der Waals surface area (Å²) in [6, 6.07) is 9.61. The molecule has 0 aliphatic carbocycles. The van der Waals surface area contributed by atoms with E-state index >= 15 is 0 Å². The van der Waals surface area contributed by atoms with Crippen LogP contribution in [-0.2, 0) is 11.3 Å². The molecule has 7 heteroatoms. The lowest BCUT2D eigenvalue weighted by molar-refractivity contribution is -0.131. The molecule has 1 aromatic heterocycles. The van der Waals surface area contributed by atoms with Crippen LogP contribution in [0.1, 0.15) is 11.3 Å². The van der Waals surface area contributed by atoms with Crippen LogP contribution in [0.25, 0.3) is 17.0 Å². The number of benzene rings is 2. The number of nitrogens with two attached hydrogens (primary N) is 1. The van der Waals surface area contributed by atoms with Crippen molar-refractivity contribution in [3.63, 3.8) is 0 Å². The van der Waals surface area contributed by atoms with Gasteiger partial charge in [-0.2, -0.15) is 5.10 Å². The molecule has 3 rings (SSSR count). The summed E-state index contributed by atoms with van der Waals surface area (Å²) in [6.45, 7) is 0.171. The first-order valence-electron chi connectivity index (χ1n) is 7.05. The Bertz CT molecular complexity index is 966. The Morgan fingerprint density at radius 2 is 2.12 bits per heavy atom. The largest absolute Gasteiger partial charge is 0.478 e. The summed E-state index contributed by atoms with van der Waals surface area (Å²) in [7, 11) is 0. The van der Waals surface area contributed by atoms with Gasteiger partial charge in [0, 0.05) is 27.7 Å². The number of carbonyl (C=O) groups is 1. The molecule has 0 spiro atoms. The molecule has 0 saturated heterocycles. The van der Waals surface area contributed by atoms with Gasteiger partial charge >= 0.3 is 5.97 Å². The number of carboxylic acids is 1. The molecule has 0 radical (unpaired) electrons. The molecule has 3 N–H and O–H groups in total. The maximum Gasteiger partial charge on any atom is 0.328 e. The summed E-state index contributed by atoms with van der Waals surface area (Å²) >= 11 is 5.77. The van der Waals surface area contributed by atoms with Crippen molar-refractivity contribution in [2.75, 3.05) is 5.73 Å². The number of halogens is 2. The number of carboxylic acid groups (broad SMARTS) is 1. The standard InChI is InChI=1S/C17H13ClFN3O2/c18-11-2-1-10(14(19)7-11)9-22-16-8-12(20)3-4-13(16)15(21-22)5-6-17(23)24/h1-8H,9,20H2,(H,23,24)/b6-5+. The summed E-state index contributed by atoms with van der Waals surface area (Å²) in [5.41, 5.74) is 7.94. The van der Waals surface area contributed by atoms with Gasteiger partial charge in [0.25, 0.3) is 0 Å². The van der Waals surface area contributed by atoms with Crippen LogP contribution < -0.4 is 5.73 Å². The quantitative estimate of drug-likeness (QED) is 0.559. The SMILES string of the molecule is Nc1ccc2c(/C=C/C(=O)O)nn(Cc3ccc(Cl)cc3F)c2c1. The van der Waals surface area contributed by atoms with E-state index in [0.29, 0.717) is 27.5 Å². The molecule has 0 aliphatic rings. The molecule has 0 bridgehead atoms. The van der Waals surface area contributed by atoms with Crippen molar-refractivity contribution in [1.29, 1.82) is 0 Å². The average Bonchev–Trinajstić information content (AvgIpc) is 2.85. The first-order valence-corrected chi connectivity index (χ1v) is 7.43. The van der Waals surface area contributed by atoms with Gasteiger partial charge in [-0.1, -0.05) is 17.7 Å². The first-order chi connectivity index (χ1) is 11.4. The van der Waals surface area contributed by atoms with Gasteiger partial charge in [-0.15, -0.1) is 0 Å². The van der Waals surface area contributed by atoms with Crippen LogP contribution in [0.2, 0.25) is 5.02 Å². The number of hydrogen-bond donors (Lipinski definition) is 2. The van der Waals surface area contributed by atoms with Gasteiger partial charge in [-0.25, -0.2) is 9.18 Å². The highest BCUT2D eigenvalue weighted by Crippen LogP contribution is 2.24. The lowest BCUT2D eigenvalue weighted by Gasteiger charge is -2.06. The predicted octanol–water partition coefficient (Wildman–Crippen LogP) is 3.56. The van der Waals surface area contributed by atoms with E-state index in [-0.39, 0.29) is 6.54 Å². The van der Waals surface area contributed by atoms with Crippen molar-refractivity contribution in [2.45, 2.75) is 6.54 Å². The zero-order chi connectivity index (χ0) is 17.3. The molecule has 0 aliphatic heterocycles. The molecular formula is C17H13ClFN3O2. The van der Waals surface area contributed by atoms with Crippen LogP contribution >= 0.6 is 11.6 Å². The number of anilines is 1. The lowest BCUT2D eigenvalue weighted by atomic mass is 10.1. The Balaban J connectivity index is 2.09. The van der Waals surface area contributed by atoms with E-state index < -0.39 is 11.8 Å². The highest BCUT2D eigenvalue weighted by Gasteiger charge is 2.12. The van der Waals surface area contributed by atoms with E-state index in [0.717, 1.165) is 11.5 Å². The number of nitrogen functional groups attached to an aromatic ring is 1. The van der Waals surface area contributed by atoms with Crippen LogP contribution in [0.3, 0.4) is 0 Å². The van der Waals surface area contributed by atoms with Gasteiger partial charge < -0.3 is 10.8 Å². The molecule has 0 atom stereocenters. The summed E-state index contributed by atoms with van der Waals surface area (Å²) in [5.74, 6) is -1.51. The highest BCUT2D eigenvalue weighted by molar-refractivity contribution is 6.30. The molecule has 3 aromatic rings. The third-order valence-electron chi connectivity index (χ3n) is 3.52. The van der Waals surface area contributed by atoms with Crippen molar-refractivity contribution in [3.05, 3.63) is 64.6 Å². The van der Waals surface area contributed by atoms with E-state index in [1.807, 2.05) is 0 Å². The van der Waals surface area contributed by atoms with Gasteiger partial charge in [0.15, 0.2) is 0 Å². The molecule has 0 unspecified atom stereocenters. The normalized spacial score (nSPS) is 11.4. The Morgan fingerprint density at radius 3 is 2.83 bits per heavy atom. The second-order valence-corrected chi connectivity index (χ2v) is 5.66. The molecular weight excluding hydrogens is 333 g/mol. The Labute approximate surface area is 141 Å². The molecule has 122 valence electrons. The molecule has 2 aromatic carbocycles. The van der Waals surface area contributed by atoms with E-state index in [1.54, 1.807) is 35.0 Å². The fourth-order valence-corrected chi connectivity index (χ4v) is 2.58. The van der Waals surface area contributed by atoms with Gasteiger partial charge in [-0.05, 0) is 36.4 Å². The fraction of sp³-hybridized carbons (Fsp3) is 0.0588. The van der Waals surface area contributed by atoms with Crippen LogP contribution in [-0.4, -0.2) is 20.9 Å². The van der Waals surface area contributed by atoms with E-state index in [2.05, 4.69) is 5.10 Å². The molecule has 1 heterocycles. The van der Waals surface area contributed by atoms with Crippen molar-refractivity contribution in [1.82, 2.24) is 9.78 Å². The van der Waals surface area contributed by atoms with E-state index in [1.165, 1.54) is 12.1 Å². The Kier molecular flexibility index (Phi) is 4.22. The van der Waals surface area contributed by atoms with Crippen molar-refractivity contribution < 1.29 is 14.3 Å². The first kappa shape index (κ1) is 16.0. The molecule has 5 nitrogen and oxygen atoms in total. The number of aliphatic carboxylic acids is 1. The topological polar surface area (TPSA) is 81.1 Å². The summed E-state index contributed by atoms with van der Waals surface area (Å²) < 4.78 is 15.6. The third-order valence-corrected chi connectivity index (χ3v) is 3.76. The fourth-order valence-electron chi connectivity index (χ4n) is 2.42. The third kappa shape index (κ3) is 3.23. The zero-order valence-corrected chi connectivity index (χ0v) is 13.2. The van der Waals surface area contributed by atoms with Crippen LogP contribution in [0.15, 0.2) is 42.5 Å². The predicted molar refractivity (Wildman–Crippen MR) is 91.3 cm³/mol. The lowest BCUT2D eigenvalue weighted by Crippen LogP contribution is -2.04. The van der Waals surface area contributed by atoms with Crippen LogP contribution in [0.4, 0.5) is 10.1 Å². The van der Waals surface area contributed by atoms with Crippen LogP contribution in [0.5, 0.6) is 0 Å². The minimum absolute atomic E-state index is 0.171. The number of nitrogens with zero attached hydrogens (tertiary/aromatic N) is 2. The number of fused-ring (bicyclic) bond motifs is 1. The maximum absolute atomic E-state index is 14.0. The van der Waals surface area contributed by atoms with E-state index in [4.69, 9.17) is 22.4 Å². The minimum Gasteiger partial charge on any atom is -0.478 e. The van der Waals surface area contributed by atoms with Gasteiger partial charge in [-0.3, -0.25) is 4.68 Å². The Morgan fingerprint density at radius 1 is 1.33 bits per heavy atom. The second kappa shape index (κ2) is 6.33. The van der Waals surface area contributed by atoms with Gasteiger partial charge in [0.2, 0.25) is 0 Å². The van der Waals surface area contributed by atoms with E-state index in [9.17, 15) is 9.18 Å². The smallest absolute Gasteiger partial charge is 0.328 e.